The maximum atomic E-state index is 11.9. The van der Waals surface area contributed by atoms with Crippen molar-refractivity contribution in [3.8, 4) is 0 Å². The maximum absolute atomic E-state index is 11.9. The largest absolute Gasteiger partial charge is 0.394 e. The van der Waals surface area contributed by atoms with Crippen molar-refractivity contribution in [3.63, 3.8) is 0 Å². The van der Waals surface area contributed by atoms with Crippen molar-refractivity contribution >= 4 is 11.8 Å². The molecule has 1 rings (SSSR count). The van der Waals surface area contributed by atoms with Gasteiger partial charge >= 0.3 is 0 Å². The Morgan fingerprint density at radius 2 is 2.22 bits per heavy atom. The molecule has 0 spiro atoms. The van der Waals surface area contributed by atoms with Crippen LogP contribution in [-0.4, -0.2) is 35.1 Å². The molecular weight excluding hydrogens is 234 g/mol. The van der Waals surface area contributed by atoms with Gasteiger partial charge in [0, 0.05) is 0 Å². The molecule has 6 nitrogen and oxygen atoms in total. The fraction of sp³-hybridized carbons (Fsp3) is 0.833. The van der Waals surface area contributed by atoms with Gasteiger partial charge in [-0.2, -0.15) is 0 Å². The number of aliphatic hydroxyl groups is 1. The summed E-state index contributed by atoms with van der Waals surface area (Å²) in [6.07, 6.45) is 3.36. The van der Waals surface area contributed by atoms with Gasteiger partial charge in [0.2, 0.25) is 11.8 Å². The molecule has 1 aliphatic rings. The summed E-state index contributed by atoms with van der Waals surface area (Å²) in [5.41, 5.74) is 10.00. The van der Waals surface area contributed by atoms with E-state index in [1.807, 2.05) is 0 Å². The summed E-state index contributed by atoms with van der Waals surface area (Å²) in [6, 6.07) is -0.942. The Labute approximate surface area is 107 Å². The van der Waals surface area contributed by atoms with Gasteiger partial charge in [-0.3, -0.25) is 9.59 Å². The number of nitrogens with two attached hydrogens (primary N) is 2. The average Bonchev–Trinajstić information content (AvgIpc) is 2.28. The number of primary amides is 1. The number of carbonyl (C=O) groups excluding carboxylic acids is 2. The molecule has 3 unspecified atom stereocenters. The molecule has 0 bridgehead atoms. The lowest BCUT2D eigenvalue weighted by Gasteiger charge is -2.39. The van der Waals surface area contributed by atoms with Crippen molar-refractivity contribution in [2.45, 2.75) is 50.6 Å². The second kappa shape index (κ2) is 6.15. The van der Waals surface area contributed by atoms with Gasteiger partial charge < -0.3 is 21.9 Å². The lowest BCUT2D eigenvalue weighted by atomic mass is 9.76. The highest BCUT2D eigenvalue weighted by Crippen LogP contribution is 2.31. The quantitative estimate of drug-likeness (QED) is 0.518. The van der Waals surface area contributed by atoms with E-state index < -0.39 is 23.4 Å². The zero-order chi connectivity index (χ0) is 13.8. The SMILES string of the molecule is CC1CCCC(CO)(NC(=O)C(N)CC(N)=O)C1. The Bertz CT molecular complexity index is 322. The Kier molecular flexibility index (Phi) is 5.10. The molecule has 1 aliphatic carbocycles. The van der Waals surface area contributed by atoms with Crippen molar-refractivity contribution < 1.29 is 14.7 Å². The van der Waals surface area contributed by atoms with E-state index in [1.54, 1.807) is 0 Å². The number of rotatable bonds is 5. The van der Waals surface area contributed by atoms with E-state index >= 15 is 0 Å². The third-order valence-electron chi connectivity index (χ3n) is 3.54. The Hall–Kier alpha value is -1.14. The first-order valence-electron chi connectivity index (χ1n) is 6.35. The van der Waals surface area contributed by atoms with Gasteiger partial charge in [-0.25, -0.2) is 0 Å². The normalized spacial score (nSPS) is 29.6. The summed E-state index contributed by atoms with van der Waals surface area (Å²) < 4.78 is 0. The van der Waals surface area contributed by atoms with E-state index in [-0.39, 0.29) is 13.0 Å². The molecule has 0 aromatic carbocycles. The van der Waals surface area contributed by atoms with E-state index in [0.717, 1.165) is 25.7 Å². The van der Waals surface area contributed by atoms with Crippen LogP contribution in [0.4, 0.5) is 0 Å². The topological polar surface area (TPSA) is 118 Å². The van der Waals surface area contributed by atoms with Crippen LogP contribution in [0.3, 0.4) is 0 Å². The van der Waals surface area contributed by atoms with Crippen LogP contribution in [0.2, 0.25) is 0 Å². The molecule has 1 fully saturated rings. The third kappa shape index (κ3) is 3.96. The fourth-order valence-corrected chi connectivity index (χ4v) is 2.62. The smallest absolute Gasteiger partial charge is 0.237 e. The molecule has 6 heteroatoms. The number of hydrogen-bond donors (Lipinski definition) is 4. The number of aliphatic hydroxyl groups excluding tert-OH is 1. The summed E-state index contributed by atoms with van der Waals surface area (Å²) in [7, 11) is 0. The highest BCUT2D eigenvalue weighted by molar-refractivity contribution is 5.87. The molecular formula is C12H23N3O3. The molecule has 0 saturated heterocycles. The van der Waals surface area contributed by atoms with Gasteiger partial charge in [0.15, 0.2) is 0 Å². The van der Waals surface area contributed by atoms with Gasteiger partial charge in [-0.15, -0.1) is 0 Å². The van der Waals surface area contributed by atoms with Crippen LogP contribution in [-0.2, 0) is 9.59 Å². The van der Waals surface area contributed by atoms with E-state index in [9.17, 15) is 14.7 Å². The molecule has 104 valence electrons. The molecule has 0 heterocycles. The second-order valence-corrected chi connectivity index (χ2v) is 5.41. The molecule has 0 aliphatic heterocycles. The first kappa shape index (κ1) is 14.9. The number of carbonyl (C=O) groups is 2. The molecule has 18 heavy (non-hydrogen) atoms. The van der Waals surface area contributed by atoms with Crippen LogP contribution >= 0.6 is 0 Å². The summed E-state index contributed by atoms with van der Waals surface area (Å²) in [5.74, 6) is -0.566. The Morgan fingerprint density at radius 3 is 2.72 bits per heavy atom. The molecule has 0 aromatic heterocycles. The van der Waals surface area contributed by atoms with E-state index in [0.29, 0.717) is 5.92 Å². The van der Waals surface area contributed by atoms with Crippen LogP contribution in [0, 0.1) is 5.92 Å². The molecule has 2 amide bonds. The minimum Gasteiger partial charge on any atom is -0.394 e. The molecule has 6 N–H and O–H groups in total. The Morgan fingerprint density at radius 1 is 1.56 bits per heavy atom. The van der Waals surface area contributed by atoms with Gasteiger partial charge in [0.05, 0.1) is 24.6 Å². The van der Waals surface area contributed by atoms with E-state index in [4.69, 9.17) is 11.5 Å². The molecule has 3 atom stereocenters. The van der Waals surface area contributed by atoms with Crippen molar-refractivity contribution in [1.82, 2.24) is 5.32 Å². The van der Waals surface area contributed by atoms with Crippen LogP contribution in [0.15, 0.2) is 0 Å². The fourth-order valence-electron chi connectivity index (χ4n) is 2.62. The predicted molar refractivity (Wildman–Crippen MR) is 67.4 cm³/mol. The Balaban J connectivity index is 2.61. The van der Waals surface area contributed by atoms with Crippen LogP contribution in [0.1, 0.15) is 39.0 Å². The van der Waals surface area contributed by atoms with Crippen LogP contribution in [0.25, 0.3) is 0 Å². The second-order valence-electron chi connectivity index (χ2n) is 5.41. The highest BCUT2D eigenvalue weighted by Gasteiger charge is 2.36. The van der Waals surface area contributed by atoms with Crippen molar-refractivity contribution in [2.75, 3.05) is 6.61 Å². The third-order valence-corrected chi connectivity index (χ3v) is 3.54. The first-order valence-corrected chi connectivity index (χ1v) is 6.35. The molecule has 0 radical (unpaired) electrons. The van der Waals surface area contributed by atoms with E-state index in [1.165, 1.54) is 0 Å². The van der Waals surface area contributed by atoms with Crippen molar-refractivity contribution in [1.29, 1.82) is 0 Å². The standard InChI is InChI=1S/C12H23N3O3/c1-8-3-2-4-12(6-8,7-16)15-11(18)9(13)5-10(14)17/h8-9,16H,2-7,13H2,1H3,(H2,14,17)(H,15,18). The summed E-state index contributed by atoms with van der Waals surface area (Å²) >= 11 is 0. The lowest BCUT2D eigenvalue weighted by Crippen LogP contribution is -2.58. The van der Waals surface area contributed by atoms with Crippen LogP contribution in [0.5, 0.6) is 0 Å². The zero-order valence-electron chi connectivity index (χ0n) is 10.8. The molecule has 0 aromatic rings. The van der Waals surface area contributed by atoms with Crippen LogP contribution < -0.4 is 16.8 Å². The summed E-state index contributed by atoms with van der Waals surface area (Å²) in [5, 5.41) is 12.3. The predicted octanol–water partition coefficient (Wildman–Crippen LogP) is -0.753. The summed E-state index contributed by atoms with van der Waals surface area (Å²) in [4.78, 5) is 22.6. The van der Waals surface area contributed by atoms with Gasteiger partial charge in [-0.05, 0) is 18.8 Å². The van der Waals surface area contributed by atoms with Crippen molar-refractivity contribution in [3.05, 3.63) is 0 Å². The molecule has 1 saturated carbocycles. The average molecular weight is 257 g/mol. The minimum absolute atomic E-state index is 0.105. The minimum atomic E-state index is -0.942. The van der Waals surface area contributed by atoms with Gasteiger partial charge in [0.1, 0.15) is 0 Å². The number of nitrogens with one attached hydrogen (secondary N) is 1. The summed E-state index contributed by atoms with van der Waals surface area (Å²) in [6.45, 7) is 1.99. The van der Waals surface area contributed by atoms with E-state index in [2.05, 4.69) is 12.2 Å². The van der Waals surface area contributed by atoms with Gasteiger partial charge in [0.25, 0.3) is 0 Å². The first-order chi connectivity index (χ1) is 8.38. The number of amides is 2. The maximum Gasteiger partial charge on any atom is 0.237 e. The monoisotopic (exact) mass is 257 g/mol. The number of hydrogen-bond acceptors (Lipinski definition) is 4. The highest BCUT2D eigenvalue weighted by atomic mass is 16.3. The van der Waals surface area contributed by atoms with Gasteiger partial charge in [-0.1, -0.05) is 19.8 Å². The lowest BCUT2D eigenvalue weighted by molar-refractivity contribution is -0.128. The zero-order valence-corrected chi connectivity index (χ0v) is 10.8. The van der Waals surface area contributed by atoms with Crippen molar-refractivity contribution in [2.24, 2.45) is 17.4 Å².